The van der Waals surface area contributed by atoms with E-state index in [1.807, 2.05) is 0 Å². The molecule has 2 rings (SSSR count). The monoisotopic (exact) mass is 338 g/mol. The molecule has 2 fully saturated rings. The van der Waals surface area contributed by atoms with Crippen LogP contribution in [0.1, 0.15) is 44.9 Å². The van der Waals surface area contributed by atoms with Crippen molar-refractivity contribution in [1.29, 1.82) is 0 Å². The number of sulfone groups is 1. The first-order valence-corrected chi connectivity index (χ1v) is 11.1. The van der Waals surface area contributed by atoms with Gasteiger partial charge in [-0.3, -0.25) is 0 Å². The fourth-order valence-electron chi connectivity index (χ4n) is 3.36. The second-order valence-corrected chi connectivity index (χ2v) is 10.6. The summed E-state index contributed by atoms with van der Waals surface area (Å²) in [7, 11) is -6.54. The standard InChI is InChI=1S/C13H26N2O4S2/c14-10-13(11-4-2-1-3-5-11)15-21(18,19)12-6-8-20(16,17)9-7-12/h11-13,15H,1-10,14H2. The highest BCUT2D eigenvalue weighted by Gasteiger charge is 2.35. The Morgan fingerprint density at radius 3 is 2.14 bits per heavy atom. The van der Waals surface area contributed by atoms with Crippen molar-refractivity contribution in [3.05, 3.63) is 0 Å². The van der Waals surface area contributed by atoms with E-state index in [0.29, 0.717) is 12.5 Å². The van der Waals surface area contributed by atoms with E-state index in [-0.39, 0.29) is 30.4 Å². The van der Waals surface area contributed by atoms with E-state index < -0.39 is 25.1 Å². The van der Waals surface area contributed by atoms with Gasteiger partial charge in [0.2, 0.25) is 10.0 Å². The van der Waals surface area contributed by atoms with Gasteiger partial charge in [0.25, 0.3) is 0 Å². The summed E-state index contributed by atoms with van der Waals surface area (Å²) < 4.78 is 50.5. The summed E-state index contributed by atoms with van der Waals surface area (Å²) in [5.74, 6) is 0.246. The van der Waals surface area contributed by atoms with E-state index in [1.54, 1.807) is 0 Å². The van der Waals surface area contributed by atoms with Crippen molar-refractivity contribution in [2.45, 2.75) is 56.2 Å². The third-order valence-corrected chi connectivity index (χ3v) is 8.42. The summed E-state index contributed by atoms with van der Waals surface area (Å²) in [6.07, 6.45) is 5.89. The van der Waals surface area contributed by atoms with Gasteiger partial charge in [0.05, 0.1) is 16.8 Å². The summed E-state index contributed by atoms with van der Waals surface area (Å²) in [6, 6.07) is -0.214. The minimum absolute atomic E-state index is 0.0324. The Morgan fingerprint density at radius 2 is 1.62 bits per heavy atom. The summed E-state index contributed by atoms with van der Waals surface area (Å²) in [6.45, 7) is 0.301. The fraction of sp³-hybridized carbons (Fsp3) is 1.00. The SMILES string of the molecule is NCC(NS(=O)(=O)C1CCS(=O)(=O)CC1)C1CCCCC1. The molecular formula is C13H26N2O4S2. The van der Waals surface area contributed by atoms with E-state index >= 15 is 0 Å². The molecule has 1 unspecified atom stereocenters. The van der Waals surface area contributed by atoms with Gasteiger partial charge in [0, 0.05) is 12.6 Å². The van der Waals surface area contributed by atoms with Crippen molar-refractivity contribution in [1.82, 2.24) is 4.72 Å². The Morgan fingerprint density at radius 1 is 1.05 bits per heavy atom. The van der Waals surface area contributed by atoms with Crippen LogP contribution in [-0.2, 0) is 19.9 Å². The van der Waals surface area contributed by atoms with Crippen molar-refractivity contribution in [2.75, 3.05) is 18.1 Å². The van der Waals surface area contributed by atoms with E-state index in [9.17, 15) is 16.8 Å². The lowest BCUT2D eigenvalue weighted by atomic mass is 9.84. The van der Waals surface area contributed by atoms with Crippen LogP contribution in [0.25, 0.3) is 0 Å². The van der Waals surface area contributed by atoms with Crippen molar-refractivity contribution < 1.29 is 16.8 Å². The molecule has 0 radical (unpaired) electrons. The number of hydrogen-bond donors (Lipinski definition) is 2. The Hall–Kier alpha value is -0.180. The minimum Gasteiger partial charge on any atom is -0.329 e. The molecule has 6 nitrogen and oxygen atoms in total. The molecule has 2 aliphatic rings. The van der Waals surface area contributed by atoms with Crippen molar-refractivity contribution >= 4 is 19.9 Å². The molecule has 1 atom stereocenters. The lowest BCUT2D eigenvalue weighted by molar-refractivity contribution is 0.293. The van der Waals surface area contributed by atoms with Gasteiger partial charge in [-0.15, -0.1) is 0 Å². The van der Waals surface area contributed by atoms with E-state index in [2.05, 4.69) is 4.72 Å². The highest BCUT2D eigenvalue weighted by Crippen LogP contribution is 2.27. The van der Waals surface area contributed by atoms with Crippen LogP contribution in [0.15, 0.2) is 0 Å². The Bertz CT molecular complexity index is 525. The van der Waals surface area contributed by atoms with Crippen LogP contribution < -0.4 is 10.5 Å². The van der Waals surface area contributed by atoms with Crippen molar-refractivity contribution in [3.63, 3.8) is 0 Å². The van der Waals surface area contributed by atoms with Crippen LogP contribution in [0, 0.1) is 5.92 Å². The maximum absolute atomic E-state index is 12.4. The summed E-state index contributed by atoms with van der Waals surface area (Å²) >= 11 is 0. The van der Waals surface area contributed by atoms with Gasteiger partial charge in [-0.2, -0.15) is 0 Å². The first kappa shape index (κ1) is 17.2. The quantitative estimate of drug-likeness (QED) is 0.754. The van der Waals surface area contributed by atoms with Gasteiger partial charge in [-0.25, -0.2) is 21.6 Å². The second-order valence-electron chi connectivity index (χ2n) is 6.25. The average molecular weight is 338 g/mol. The molecule has 21 heavy (non-hydrogen) atoms. The molecular weight excluding hydrogens is 312 g/mol. The zero-order valence-electron chi connectivity index (χ0n) is 12.3. The summed E-state index contributed by atoms with van der Waals surface area (Å²) in [5.41, 5.74) is 5.76. The predicted octanol–water partition coefficient (Wildman–Crippen LogP) is 0.391. The van der Waals surface area contributed by atoms with Gasteiger partial charge in [-0.05, 0) is 31.6 Å². The van der Waals surface area contributed by atoms with Crippen LogP contribution in [0.3, 0.4) is 0 Å². The van der Waals surface area contributed by atoms with E-state index in [0.717, 1.165) is 25.7 Å². The predicted molar refractivity (Wildman–Crippen MR) is 83.1 cm³/mol. The number of nitrogens with one attached hydrogen (secondary N) is 1. The van der Waals surface area contributed by atoms with Gasteiger partial charge >= 0.3 is 0 Å². The molecule has 0 aromatic rings. The molecule has 1 saturated carbocycles. The lowest BCUT2D eigenvalue weighted by Crippen LogP contribution is -2.50. The zero-order chi connectivity index (χ0) is 15.5. The van der Waals surface area contributed by atoms with Crippen LogP contribution >= 0.6 is 0 Å². The Balaban J connectivity index is 1.98. The molecule has 0 aromatic heterocycles. The molecule has 8 heteroatoms. The van der Waals surface area contributed by atoms with Crippen molar-refractivity contribution in [3.8, 4) is 0 Å². The Kier molecular flexibility index (Phi) is 5.67. The molecule has 124 valence electrons. The molecule has 0 spiro atoms. The van der Waals surface area contributed by atoms with Crippen molar-refractivity contribution in [2.24, 2.45) is 11.7 Å². The highest BCUT2D eigenvalue weighted by molar-refractivity contribution is 7.92. The van der Waals surface area contributed by atoms with Crippen LogP contribution in [0.2, 0.25) is 0 Å². The largest absolute Gasteiger partial charge is 0.329 e. The van der Waals surface area contributed by atoms with Crippen LogP contribution in [0.5, 0.6) is 0 Å². The lowest BCUT2D eigenvalue weighted by Gasteiger charge is -2.32. The number of nitrogens with two attached hydrogens (primary N) is 1. The maximum Gasteiger partial charge on any atom is 0.214 e. The highest BCUT2D eigenvalue weighted by atomic mass is 32.2. The average Bonchev–Trinajstić information content (AvgIpc) is 2.45. The van der Waals surface area contributed by atoms with Gasteiger partial charge in [0.1, 0.15) is 9.84 Å². The topological polar surface area (TPSA) is 106 Å². The molecule has 1 aliphatic carbocycles. The minimum atomic E-state index is -3.49. The first-order valence-electron chi connectivity index (χ1n) is 7.76. The second kappa shape index (κ2) is 6.93. The fourth-order valence-corrected chi connectivity index (χ4v) is 6.91. The van der Waals surface area contributed by atoms with E-state index in [4.69, 9.17) is 5.73 Å². The van der Waals surface area contributed by atoms with Gasteiger partial charge < -0.3 is 5.73 Å². The molecule has 0 aromatic carbocycles. The summed E-state index contributed by atoms with van der Waals surface area (Å²) in [5, 5.41) is -0.598. The molecule has 3 N–H and O–H groups in total. The molecule has 1 aliphatic heterocycles. The molecule has 0 bridgehead atoms. The molecule has 0 amide bonds. The third-order valence-electron chi connectivity index (χ3n) is 4.73. The first-order chi connectivity index (χ1) is 9.84. The third kappa shape index (κ3) is 4.64. The maximum atomic E-state index is 12.4. The smallest absolute Gasteiger partial charge is 0.214 e. The molecule has 1 saturated heterocycles. The zero-order valence-corrected chi connectivity index (χ0v) is 14.0. The van der Waals surface area contributed by atoms with E-state index in [1.165, 1.54) is 6.42 Å². The van der Waals surface area contributed by atoms with Gasteiger partial charge in [0.15, 0.2) is 0 Å². The summed E-state index contributed by atoms with van der Waals surface area (Å²) in [4.78, 5) is 0. The number of hydrogen-bond acceptors (Lipinski definition) is 5. The molecule has 1 heterocycles. The van der Waals surface area contributed by atoms with Crippen LogP contribution in [0.4, 0.5) is 0 Å². The number of sulfonamides is 1. The Labute approximate surface area is 127 Å². The normalized spacial score (nSPS) is 26.5. The van der Waals surface area contributed by atoms with Gasteiger partial charge in [-0.1, -0.05) is 19.3 Å². The van der Waals surface area contributed by atoms with Crippen LogP contribution in [-0.4, -0.2) is 46.2 Å². The number of rotatable bonds is 5.